The standard InChI is InChI=1S/C27H27F4NO2/c1-2-3-4-18-5-9-21(10-6-18)26(34)32-24(25(33)20-11-15-23(28)16-12-20)17-19-7-13-22(14-8-19)27(29,30)31/h5-16,24-25,33H,2-4,17H2,1H3,(H,32,34). The van der Waals surface area contributed by atoms with Crippen LogP contribution in [-0.4, -0.2) is 17.1 Å². The fourth-order valence-electron chi connectivity index (χ4n) is 3.67. The van der Waals surface area contributed by atoms with E-state index in [1.165, 1.54) is 36.4 Å². The van der Waals surface area contributed by atoms with Gasteiger partial charge in [-0.1, -0.05) is 49.7 Å². The molecule has 2 atom stereocenters. The van der Waals surface area contributed by atoms with Crippen molar-refractivity contribution in [3.8, 4) is 0 Å². The molecule has 0 radical (unpaired) electrons. The lowest BCUT2D eigenvalue weighted by atomic mass is 9.95. The van der Waals surface area contributed by atoms with Crippen LogP contribution in [0.1, 0.15) is 58.5 Å². The van der Waals surface area contributed by atoms with Crippen molar-refractivity contribution >= 4 is 5.91 Å². The molecule has 0 spiro atoms. The molecule has 3 nitrogen and oxygen atoms in total. The van der Waals surface area contributed by atoms with Crippen LogP contribution in [0.4, 0.5) is 17.6 Å². The average Bonchev–Trinajstić information content (AvgIpc) is 2.82. The fraction of sp³-hybridized carbons (Fsp3) is 0.296. The molecule has 0 saturated heterocycles. The number of aliphatic hydroxyl groups excluding tert-OH is 1. The van der Waals surface area contributed by atoms with Gasteiger partial charge in [0.1, 0.15) is 5.82 Å². The van der Waals surface area contributed by atoms with E-state index in [2.05, 4.69) is 12.2 Å². The quantitative estimate of drug-likeness (QED) is 0.360. The fourth-order valence-corrected chi connectivity index (χ4v) is 3.67. The minimum absolute atomic E-state index is 0.0804. The summed E-state index contributed by atoms with van der Waals surface area (Å²) in [6.07, 6.45) is -2.55. The Balaban J connectivity index is 1.80. The van der Waals surface area contributed by atoms with E-state index in [0.29, 0.717) is 16.7 Å². The molecule has 3 aromatic carbocycles. The third-order valence-electron chi connectivity index (χ3n) is 5.68. The smallest absolute Gasteiger partial charge is 0.386 e. The molecule has 0 fully saturated rings. The largest absolute Gasteiger partial charge is 0.416 e. The Labute approximate surface area is 196 Å². The Morgan fingerprint density at radius 1 is 0.912 bits per heavy atom. The summed E-state index contributed by atoms with van der Waals surface area (Å²) < 4.78 is 52.0. The van der Waals surface area contributed by atoms with Gasteiger partial charge < -0.3 is 10.4 Å². The van der Waals surface area contributed by atoms with Crippen LogP contribution in [0.25, 0.3) is 0 Å². The number of rotatable bonds is 9. The van der Waals surface area contributed by atoms with Crippen LogP contribution in [0, 0.1) is 5.82 Å². The molecule has 7 heteroatoms. The lowest BCUT2D eigenvalue weighted by molar-refractivity contribution is -0.137. The number of aryl methyl sites for hydroxylation is 1. The lowest BCUT2D eigenvalue weighted by Crippen LogP contribution is -2.41. The van der Waals surface area contributed by atoms with Gasteiger partial charge in [-0.25, -0.2) is 4.39 Å². The van der Waals surface area contributed by atoms with Crippen molar-refractivity contribution < 1.29 is 27.5 Å². The number of halogens is 4. The van der Waals surface area contributed by atoms with Crippen LogP contribution in [0.5, 0.6) is 0 Å². The zero-order chi connectivity index (χ0) is 24.7. The molecule has 2 N–H and O–H groups in total. The first-order valence-electron chi connectivity index (χ1n) is 11.2. The van der Waals surface area contributed by atoms with Crippen molar-refractivity contribution in [3.05, 3.63) is 106 Å². The summed E-state index contributed by atoms with van der Waals surface area (Å²) in [5.41, 5.74) is 1.64. The van der Waals surface area contributed by atoms with E-state index in [1.54, 1.807) is 12.1 Å². The molecular formula is C27H27F4NO2. The van der Waals surface area contributed by atoms with Crippen molar-refractivity contribution in [2.45, 2.75) is 50.9 Å². The molecule has 0 aromatic heterocycles. The minimum atomic E-state index is -4.46. The van der Waals surface area contributed by atoms with Gasteiger partial charge in [0.05, 0.1) is 17.7 Å². The maximum Gasteiger partial charge on any atom is 0.416 e. The molecule has 3 rings (SSSR count). The number of carbonyl (C=O) groups excluding carboxylic acids is 1. The van der Waals surface area contributed by atoms with E-state index in [9.17, 15) is 27.5 Å². The van der Waals surface area contributed by atoms with Gasteiger partial charge in [0.15, 0.2) is 0 Å². The predicted molar refractivity (Wildman–Crippen MR) is 123 cm³/mol. The number of hydrogen-bond donors (Lipinski definition) is 2. The molecule has 0 saturated carbocycles. The van der Waals surface area contributed by atoms with E-state index in [1.807, 2.05) is 12.1 Å². The number of carbonyl (C=O) groups is 1. The molecule has 34 heavy (non-hydrogen) atoms. The number of benzene rings is 3. The molecule has 0 aliphatic carbocycles. The molecule has 0 aliphatic rings. The van der Waals surface area contributed by atoms with Crippen molar-refractivity contribution in [2.24, 2.45) is 0 Å². The van der Waals surface area contributed by atoms with Gasteiger partial charge in [-0.15, -0.1) is 0 Å². The first-order valence-corrected chi connectivity index (χ1v) is 11.2. The van der Waals surface area contributed by atoms with Crippen LogP contribution in [0.15, 0.2) is 72.8 Å². The summed E-state index contributed by atoms with van der Waals surface area (Å²) in [5, 5.41) is 13.7. The Morgan fingerprint density at radius 3 is 2.06 bits per heavy atom. The summed E-state index contributed by atoms with van der Waals surface area (Å²) in [5.74, 6) is -0.887. The normalized spacial score (nSPS) is 13.4. The van der Waals surface area contributed by atoms with E-state index in [-0.39, 0.29) is 6.42 Å². The van der Waals surface area contributed by atoms with Crippen molar-refractivity contribution in [2.75, 3.05) is 0 Å². The molecule has 0 heterocycles. The molecule has 0 aliphatic heterocycles. The van der Waals surface area contributed by atoms with E-state index >= 15 is 0 Å². The number of aliphatic hydroxyl groups is 1. The van der Waals surface area contributed by atoms with Crippen LogP contribution in [0.3, 0.4) is 0 Å². The maximum atomic E-state index is 13.3. The zero-order valence-electron chi connectivity index (χ0n) is 18.8. The maximum absolute atomic E-state index is 13.3. The van der Waals surface area contributed by atoms with Crippen molar-refractivity contribution in [3.63, 3.8) is 0 Å². The second-order valence-corrected chi connectivity index (χ2v) is 8.28. The highest BCUT2D eigenvalue weighted by molar-refractivity contribution is 5.94. The molecule has 3 aromatic rings. The predicted octanol–water partition coefficient (Wildman–Crippen LogP) is 6.26. The summed E-state index contributed by atoms with van der Waals surface area (Å²) in [7, 11) is 0. The monoisotopic (exact) mass is 473 g/mol. The molecule has 1 amide bonds. The molecule has 0 bridgehead atoms. The third kappa shape index (κ3) is 6.90. The number of alkyl halides is 3. The Bertz CT molecular complexity index is 1060. The van der Waals surface area contributed by atoms with Crippen LogP contribution >= 0.6 is 0 Å². The molecule has 2 unspecified atom stereocenters. The first-order chi connectivity index (χ1) is 16.2. The molecular weight excluding hydrogens is 446 g/mol. The van der Waals surface area contributed by atoms with Crippen LogP contribution < -0.4 is 5.32 Å². The number of hydrogen-bond acceptors (Lipinski definition) is 2. The zero-order valence-corrected chi connectivity index (χ0v) is 18.8. The highest BCUT2D eigenvalue weighted by Gasteiger charge is 2.30. The van der Waals surface area contributed by atoms with Gasteiger partial charge in [0.2, 0.25) is 0 Å². The SMILES string of the molecule is CCCCc1ccc(C(=O)NC(Cc2ccc(C(F)(F)F)cc2)C(O)c2ccc(F)cc2)cc1. The summed E-state index contributed by atoms with van der Waals surface area (Å²) >= 11 is 0. The van der Waals surface area contributed by atoms with Crippen LogP contribution in [0.2, 0.25) is 0 Å². The number of unbranched alkanes of at least 4 members (excludes halogenated alkanes) is 1. The second kappa shape index (κ2) is 11.3. The minimum Gasteiger partial charge on any atom is -0.386 e. The van der Waals surface area contributed by atoms with E-state index in [0.717, 1.165) is 37.0 Å². The Hall–Kier alpha value is -3.19. The Morgan fingerprint density at radius 2 is 1.50 bits per heavy atom. The van der Waals surface area contributed by atoms with Crippen molar-refractivity contribution in [1.29, 1.82) is 0 Å². The van der Waals surface area contributed by atoms with Gasteiger partial charge in [0.25, 0.3) is 5.91 Å². The summed E-state index contributed by atoms with van der Waals surface area (Å²) in [4.78, 5) is 12.9. The van der Waals surface area contributed by atoms with Gasteiger partial charge in [-0.05, 0) is 72.4 Å². The van der Waals surface area contributed by atoms with Gasteiger partial charge in [0, 0.05) is 5.56 Å². The van der Waals surface area contributed by atoms with E-state index in [4.69, 9.17) is 0 Å². The van der Waals surface area contributed by atoms with Crippen molar-refractivity contribution in [1.82, 2.24) is 5.32 Å². The number of nitrogens with one attached hydrogen (secondary N) is 1. The van der Waals surface area contributed by atoms with E-state index < -0.39 is 35.6 Å². The average molecular weight is 474 g/mol. The van der Waals surface area contributed by atoms with Crippen LogP contribution in [-0.2, 0) is 19.0 Å². The number of amides is 1. The van der Waals surface area contributed by atoms with Gasteiger partial charge >= 0.3 is 6.18 Å². The highest BCUT2D eigenvalue weighted by atomic mass is 19.4. The van der Waals surface area contributed by atoms with Gasteiger partial charge in [-0.2, -0.15) is 13.2 Å². The second-order valence-electron chi connectivity index (χ2n) is 8.28. The topological polar surface area (TPSA) is 49.3 Å². The Kier molecular flexibility index (Phi) is 8.45. The molecule has 180 valence electrons. The first kappa shape index (κ1) is 25.4. The van der Waals surface area contributed by atoms with Gasteiger partial charge in [-0.3, -0.25) is 4.79 Å². The third-order valence-corrected chi connectivity index (χ3v) is 5.68. The highest BCUT2D eigenvalue weighted by Crippen LogP contribution is 2.30. The lowest BCUT2D eigenvalue weighted by Gasteiger charge is -2.25. The summed E-state index contributed by atoms with van der Waals surface area (Å²) in [6.45, 7) is 2.10. The summed E-state index contributed by atoms with van der Waals surface area (Å²) in [6, 6.07) is 16.1.